The summed E-state index contributed by atoms with van der Waals surface area (Å²) in [6, 6.07) is 12.3. The summed E-state index contributed by atoms with van der Waals surface area (Å²) in [6.07, 6.45) is 2.72. The topological polar surface area (TPSA) is 76.1 Å². The van der Waals surface area contributed by atoms with Gasteiger partial charge >= 0.3 is 0 Å². The normalized spacial score (nSPS) is 17.6. The van der Waals surface area contributed by atoms with Crippen molar-refractivity contribution in [3.8, 4) is 11.5 Å². The number of benzene rings is 2. The zero-order valence-corrected chi connectivity index (χ0v) is 20.1. The average molecular weight is 452 g/mol. The predicted molar refractivity (Wildman–Crippen MR) is 129 cm³/mol. The molecule has 0 spiro atoms. The maximum atomic E-state index is 13.2. The molecule has 1 aliphatic rings. The summed E-state index contributed by atoms with van der Waals surface area (Å²) in [4.78, 5) is 27.9. The number of aliphatic hydroxyl groups excluding tert-OH is 1. The molecule has 2 aromatic rings. The van der Waals surface area contributed by atoms with Crippen molar-refractivity contribution in [2.24, 2.45) is 0 Å². The Kier molecular flexibility index (Phi) is 7.79. The monoisotopic (exact) mass is 451 g/mol. The van der Waals surface area contributed by atoms with Gasteiger partial charge in [-0.25, -0.2) is 0 Å². The molecular weight excluding hydrogens is 418 g/mol. The lowest BCUT2D eigenvalue weighted by atomic mass is 9.92. The summed E-state index contributed by atoms with van der Waals surface area (Å²) in [7, 11) is 2.97. The van der Waals surface area contributed by atoms with Crippen molar-refractivity contribution in [2.45, 2.75) is 52.0 Å². The smallest absolute Gasteiger partial charge is 0.295 e. The van der Waals surface area contributed by atoms with E-state index in [1.807, 2.05) is 24.3 Å². The van der Waals surface area contributed by atoms with Crippen LogP contribution in [0.2, 0.25) is 0 Å². The first-order valence-electron chi connectivity index (χ1n) is 11.4. The molecule has 1 unspecified atom stereocenters. The van der Waals surface area contributed by atoms with Crippen LogP contribution in [0, 0.1) is 0 Å². The SMILES string of the molecule is CCCCCN1C(=O)C(=O)/C(=C(/O)c2c(OC)cccc2OC)C1c1ccc(C(C)C)cc1. The Hall–Kier alpha value is -3.28. The number of nitrogens with zero attached hydrogens (tertiary/aromatic N) is 1. The molecule has 176 valence electrons. The number of methoxy groups -OCH3 is 2. The van der Waals surface area contributed by atoms with Crippen LogP contribution < -0.4 is 9.47 Å². The first-order valence-corrected chi connectivity index (χ1v) is 11.4. The number of hydrogen-bond acceptors (Lipinski definition) is 5. The van der Waals surface area contributed by atoms with Crippen molar-refractivity contribution < 1.29 is 24.2 Å². The number of hydrogen-bond donors (Lipinski definition) is 1. The molecule has 1 heterocycles. The van der Waals surface area contributed by atoms with E-state index in [-0.39, 0.29) is 16.9 Å². The van der Waals surface area contributed by atoms with Gasteiger partial charge in [-0.05, 0) is 35.6 Å². The van der Waals surface area contributed by atoms with E-state index in [9.17, 15) is 14.7 Å². The number of amides is 1. The highest BCUT2D eigenvalue weighted by molar-refractivity contribution is 6.46. The number of aliphatic hydroxyl groups is 1. The second-order valence-electron chi connectivity index (χ2n) is 8.56. The molecule has 1 amide bonds. The third kappa shape index (κ3) is 4.75. The fourth-order valence-corrected chi connectivity index (χ4v) is 4.27. The quantitative estimate of drug-likeness (QED) is 0.238. The summed E-state index contributed by atoms with van der Waals surface area (Å²) in [6.45, 7) is 6.75. The van der Waals surface area contributed by atoms with Crippen molar-refractivity contribution >= 4 is 17.4 Å². The number of unbranched alkanes of at least 4 members (excludes halogenated alkanes) is 2. The van der Waals surface area contributed by atoms with Crippen molar-refractivity contribution in [1.29, 1.82) is 0 Å². The van der Waals surface area contributed by atoms with Gasteiger partial charge in [0, 0.05) is 6.54 Å². The maximum absolute atomic E-state index is 13.2. The van der Waals surface area contributed by atoms with Gasteiger partial charge in [-0.1, -0.05) is 63.9 Å². The predicted octanol–water partition coefficient (Wildman–Crippen LogP) is 5.44. The number of ketones is 1. The molecule has 1 fully saturated rings. The van der Waals surface area contributed by atoms with E-state index in [1.165, 1.54) is 14.2 Å². The van der Waals surface area contributed by atoms with Crippen molar-refractivity contribution in [2.75, 3.05) is 20.8 Å². The van der Waals surface area contributed by atoms with Crippen LogP contribution in [0.4, 0.5) is 0 Å². The Labute approximate surface area is 195 Å². The van der Waals surface area contributed by atoms with E-state index in [0.29, 0.717) is 24.0 Å². The molecule has 1 N–H and O–H groups in total. The van der Waals surface area contributed by atoms with E-state index in [1.54, 1.807) is 23.1 Å². The minimum Gasteiger partial charge on any atom is -0.506 e. The molecule has 6 heteroatoms. The van der Waals surface area contributed by atoms with Gasteiger partial charge in [0.1, 0.15) is 22.8 Å². The standard InChI is InChI=1S/C27H33NO5/c1-6-7-8-16-28-24(19-14-12-18(13-15-19)17(2)3)23(26(30)27(28)31)25(29)22-20(32-4)10-9-11-21(22)33-5/h9-15,17,24,29H,6-8,16H2,1-5H3/b25-23+. The Morgan fingerprint density at radius 3 is 2.12 bits per heavy atom. The number of carbonyl (C=O) groups is 2. The molecule has 0 saturated carbocycles. The molecule has 2 aromatic carbocycles. The molecule has 1 aliphatic heterocycles. The van der Waals surface area contributed by atoms with Crippen molar-refractivity contribution in [3.05, 3.63) is 64.7 Å². The van der Waals surface area contributed by atoms with Crippen LogP contribution in [0.25, 0.3) is 5.76 Å². The third-order valence-corrected chi connectivity index (χ3v) is 6.13. The molecule has 3 rings (SSSR count). The van der Waals surface area contributed by atoms with Crippen LogP contribution in [-0.2, 0) is 9.59 Å². The highest BCUT2D eigenvalue weighted by Gasteiger charge is 2.46. The van der Waals surface area contributed by atoms with Gasteiger partial charge in [0.15, 0.2) is 0 Å². The van der Waals surface area contributed by atoms with E-state index >= 15 is 0 Å². The van der Waals surface area contributed by atoms with Crippen molar-refractivity contribution in [1.82, 2.24) is 4.90 Å². The fourth-order valence-electron chi connectivity index (χ4n) is 4.27. The summed E-state index contributed by atoms with van der Waals surface area (Å²) >= 11 is 0. The van der Waals surface area contributed by atoms with E-state index in [2.05, 4.69) is 20.8 Å². The van der Waals surface area contributed by atoms with Crippen LogP contribution in [0.3, 0.4) is 0 Å². The van der Waals surface area contributed by atoms with Gasteiger partial charge in [-0.2, -0.15) is 0 Å². The van der Waals surface area contributed by atoms with E-state index < -0.39 is 17.7 Å². The van der Waals surface area contributed by atoms with Crippen molar-refractivity contribution in [3.63, 3.8) is 0 Å². The molecular formula is C27H33NO5. The van der Waals surface area contributed by atoms with Crippen LogP contribution in [0.15, 0.2) is 48.0 Å². The lowest BCUT2D eigenvalue weighted by Gasteiger charge is -2.26. The summed E-state index contributed by atoms with van der Waals surface area (Å²) in [5, 5.41) is 11.4. The zero-order valence-electron chi connectivity index (χ0n) is 20.1. The number of likely N-dealkylation sites (tertiary alicyclic amines) is 1. The first kappa shape index (κ1) is 24.4. The number of rotatable bonds is 9. The first-order chi connectivity index (χ1) is 15.8. The Morgan fingerprint density at radius 1 is 1.00 bits per heavy atom. The maximum Gasteiger partial charge on any atom is 0.295 e. The minimum atomic E-state index is -0.699. The largest absolute Gasteiger partial charge is 0.506 e. The summed E-state index contributed by atoms with van der Waals surface area (Å²) < 4.78 is 10.9. The average Bonchev–Trinajstić information content (AvgIpc) is 3.08. The number of carbonyl (C=O) groups excluding carboxylic acids is 2. The summed E-state index contributed by atoms with van der Waals surface area (Å²) in [5.74, 6) is -0.517. The zero-order chi connectivity index (χ0) is 24.1. The van der Waals surface area contributed by atoms with E-state index in [4.69, 9.17) is 9.47 Å². The Balaban J connectivity index is 2.21. The molecule has 33 heavy (non-hydrogen) atoms. The van der Waals surface area contributed by atoms with Gasteiger partial charge in [-0.15, -0.1) is 0 Å². The molecule has 0 radical (unpaired) electrons. The van der Waals surface area contributed by atoms with Crippen LogP contribution in [0.1, 0.15) is 68.7 Å². The van der Waals surface area contributed by atoms with Crippen LogP contribution in [0.5, 0.6) is 11.5 Å². The molecule has 0 bridgehead atoms. The van der Waals surface area contributed by atoms with Gasteiger partial charge in [0.25, 0.3) is 11.7 Å². The van der Waals surface area contributed by atoms with Gasteiger partial charge in [0.05, 0.1) is 25.8 Å². The number of ether oxygens (including phenoxy) is 2. The van der Waals surface area contributed by atoms with E-state index in [0.717, 1.165) is 30.4 Å². The highest BCUT2D eigenvalue weighted by Crippen LogP contribution is 2.43. The Bertz CT molecular complexity index is 1020. The van der Waals surface area contributed by atoms with Gasteiger partial charge in [-0.3, -0.25) is 9.59 Å². The second-order valence-corrected chi connectivity index (χ2v) is 8.56. The molecule has 0 aromatic heterocycles. The van der Waals surface area contributed by atoms with Crippen LogP contribution >= 0.6 is 0 Å². The molecule has 1 saturated heterocycles. The van der Waals surface area contributed by atoms with Crippen LogP contribution in [-0.4, -0.2) is 42.5 Å². The molecule has 6 nitrogen and oxygen atoms in total. The fraction of sp³-hybridized carbons (Fsp3) is 0.407. The summed E-state index contributed by atoms with van der Waals surface area (Å²) in [5.41, 5.74) is 2.26. The Morgan fingerprint density at radius 2 is 1.61 bits per heavy atom. The second kappa shape index (κ2) is 10.6. The molecule has 0 aliphatic carbocycles. The van der Waals surface area contributed by atoms with Gasteiger partial charge in [0.2, 0.25) is 0 Å². The lowest BCUT2D eigenvalue weighted by molar-refractivity contribution is -0.139. The lowest BCUT2D eigenvalue weighted by Crippen LogP contribution is -2.30. The van der Waals surface area contributed by atoms with Gasteiger partial charge < -0.3 is 19.5 Å². The highest BCUT2D eigenvalue weighted by atomic mass is 16.5. The third-order valence-electron chi connectivity index (χ3n) is 6.13. The molecule has 1 atom stereocenters. The minimum absolute atomic E-state index is 0.0524. The number of Topliss-reactive ketones (excluding diaryl/α,β-unsaturated/α-hetero) is 1.